The molecule has 1 aromatic carbocycles. The Kier molecular flexibility index (Phi) is 4.34. The molecule has 1 heterocycles. The molecule has 2 aromatic rings. The molecular weight excluding hydrogens is 305 g/mol. The van der Waals surface area contributed by atoms with Gasteiger partial charge < -0.3 is 10.4 Å². The zero-order valence-corrected chi connectivity index (χ0v) is 12.3. The van der Waals surface area contributed by atoms with Gasteiger partial charge in [0.2, 0.25) is 0 Å². The minimum atomic E-state index is -0.378. The van der Waals surface area contributed by atoms with Crippen LogP contribution < -0.4 is 5.32 Å². The number of rotatable bonds is 3. The van der Waals surface area contributed by atoms with E-state index in [2.05, 4.69) is 5.32 Å². The largest absolute Gasteiger partial charge is 0.507 e. The maximum Gasteiger partial charge on any atom is 0.255 e. The molecule has 0 aliphatic rings. The Labute approximate surface area is 124 Å². The summed E-state index contributed by atoms with van der Waals surface area (Å²) >= 11 is 13.1. The number of benzene rings is 1. The molecule has 0 saturated carbocycles. The van der Waals surface area contributed by atoms with Crippen molar-refractivity contribution in [3.63, 3.8) is 0 Å². The first-order valence-corrected chi connectivity index (χ1v) is 7.09. The highest BCUT2D eigenvalue weighted by Gasteiger charge is 2.16. The van der Waals surface area contributed by atoms with Gasteiger partial charge in [-0.3, -0.25) is 4.79 Å². The van der Waals surface area contributed by atoms with E-state index < -0.39 is 0 Å². The van der Waals surface area contributed by atoms with Gasteiger partial charge in [0.15, 0.2) is 0 Å². The monoisotopic (exact) mass is 315 g/mol. The zero-order valence-electron chi connectivity index (χ0n) is 9.98. The Hall–Kier alpha value is -1.23. The number of thiophene rings is 1. The van der Waals surface area contributed by atoms with Crippen LogP contribution in [0.5, 0.6) is 5.75 Å². The first kappa shape index (κ1) is 14.2. The third kappa shape index (κ3) is 3.41. The summed E-state index contributed by atoms with van der Waals surface area (Å²) in [4.78, 5) is 13.0. The molecule has 2 rings (SSSR count). The quantitative estimate of drug-likeness (QED) is 0.889. The molecule has 1 unspecified atom stereocenters. The van der Waals surface area contributed by atoms with E-state index in [1.54, 1.807) is 6.07 Å². The molecule has 0 bridgehead atoms. The van der Waals surface area contributed by atoms with E-state index in [9.17, 15) is 9.90 Å². The van der Waals surface area contributed by atoms with Gasteiger partial charge in [0.05, 0.1) is 15.9 Å². The van der Waals surface area contributed by atoms with Crippen LogP contribution in [0, 0.1) is 0 Å². The lowest BCUT2D eigenvalue weighted by atomic mass is 10.1. The maximum atomic E-state index is 12.1. The van der Waals surface area contributed by atoms with E-state index in [0.717, 1.165) is 4.88 Å². The lowest BCUT2D eigenvalue weighted by Gasteiger charge is -2.13. The summed E-state index contributed by atoms with van der Waals surface area (Å²) in [6.07, 6.45) is 0. The molecule has 0 aliphatic heterocycles. The number of phenols is 1. The molecule has 0 spiro atoms. The van der Waals surface area contributed by atoms with Crippen molar-refractivity contribution in [1.29, 1.82) is 0 Å². The number of carbonyl (C=O) groups is 1. The molecule has 0 fully saturated rings. The average molecular weight is 316 g/mol. The number of phenolic OH excluding ortho intramolecular Hbond substituents is 1. The van der Waals surface area contributed by atoms with Crippen LogP contribution in [0.3, 0.4) is 0 Å². The summed E-state index contributed by atoms with van der Waals surface area (Å²) < 4.78 is 0.668. The Morgan fingerprint density at radius 1 is 1.32 bits per heavy atom. The minimum Gasteiger partial charge on any atom is -0.507 e. The van der Waals surface area contributed by atoms with Gasteiger partial charge in [-0.2, -0.15) is 0 Å². The summed E-state index contributed by atoms with van der Waals surface area (Å²) in [5.74, 6) is -0.477. The zero-order chi connectivity index (χ0) is 14.0. The van der Waals surface area contributed by atoms with E-state index >= 15 is 0 Å². The first-order chi connectivity index (χ1) is 8.97. The van der Waals surface area contributed by atoms with E-state index in [-0.39, 0.29) is 23.3 Å². The van der Waals surface area contributed by atoms with Gasteiger partial charge in [0.25, 0.3) is 5.91 Å². The Morgan fingerprint density at radius 3 is 2.68 bits per heavy atom. The van der Waals surface area contributed by atoms with Crippen molar-refractivity contribution in [3.8, 4) is 5.75 Å². The van der Waals surface area contributed by atoms with Crippen LogP contribution in [0.1, 0.15) is 28.2 Å². The number of hydrogen-bond donors (Lipinski definition) is 2. The van der Waals surface area contributed by atoms with E-state index in [4.69, 9.17) is 23.2 Å². The minimum absolute atomic E-state index is 0.0988. The van der Waals surface area contributed by atoms with Gasteiger partial charge in [-0.05, 0) is 37.3 Å². The summed E-state index contributed by atoms with van der Waals surface area (Å²) in [6, 6.07) is 7.79. The summed E-state index contributed by atoms with van der Waals surface area (Å²) in [5, 5.41) is 12.8. The predicted octanol–water partition coefficient (Wildman–Crippen LogP) is 4.25. The van der Waals surface area contributed by atoms with E-state index in [1.807, 2.05) is 13.0 Å². The van der Waals surface area contributed by atoms with Crippen molar-refractivity contribution in [2.45, 2.75) is 13.0 Å². The number of amides is 1. The van der Waals surface area contributed by atoms with Crippen LogP contribution in [0.25, 0.3) is 0 Å². The van der Waals surface area contributed by atoms with Crippen LogP contribution in [0.2, 0.25) is 9.36 Å². The molecule has 0 aliphatic carbocycles. The topological polar surface area (TPSA) is 49.3 Å². The number of nitrogens with one attached hydrogen (secondary N) is 1. The number of aromatic hydroxyl groups is 1. The van der Waals surface area contributed by atoms with Crippen LogP contribution in [-0.4, -0.2) is 11.0 Å². The van der Waals surface area contributed by atoms with Gasteiger partial charge in [0.1, 0.15) is 5.75 Å². The third-order valence-electron chi connectivity index (χ3n) is 2.57. The number of hydrogen-bond acceptors (Lipinski definition) is 3. The average Bonchev–Trinajstić information content (AvgIpc) is 2.79. The second-order valence-electron chi connectivity index (χ2n) is 4.00. The second kappa shape index (κ2) is 5.82. The van der Waals surface area contributed by atoms with Gasteiger partial charge in [-0.1, -0.05) is 23.2 Å². The SMILES string of the molecule is CC(NC(=O)c1cc(Cl)ccc1O)c1ccc(Cl)s1. The van der Waals surface area contributed by atoms with Crippen LogP contribution >= 0.6 is 34.5 Å². The van der Waals surface area contributed by atoms with Crippen molar-refractivity contribution < 1.29 is 9.90 Å². The van der Waals surface area contributed by atoms with Crippen molar-refractivity contribution in [2.75, 3.05) is 0 Å². The standard InChI is InChI=1S/C13H11Cl2NO2S/c1-7(11-4-5-12(15)19-11)16-13(18)9-6-8(14)2-3-10(9)17/h2-7,17H,1H3,(H,16,18). The highest BCUT2D eigenvalue weighted by atomic mass is 35.5. The van der Waals surface area contributed by atoms with Gasteiger partial charge in [-0.25, -0.2) is 0 Å². The maximum absolute atomic E-state index is 12.1. The molecule has 1 amide bonds. The Morgan fingerprint density at radius 2 is 2.05 bits per heavy atom. The normalized spacial score (nSPS) is 12.2. The lowest BCUT2D eigenvalue weighted by molar-refractivity contribution is 0.0938. The molecule has 1 aromatic heterocycles. The molecule has 0 radical (unpaired) electrons. The predicted molar refractivity (Wildman–Crippen MR) is 78.3 cm³/mol. The Balaban J connectivity index is 2.15. The summed E-state index contributed by atoms with van der Waals surface area (Å²) in [5.41, 5.74) is 0.155. The van der Waals surface area contributed by atoms with Gasteiger partial charge >= 0.3 is 0 Å². The molecule has 0 saturated heterocycles. The van der Waals surface area contributed by atoms with Crippen molar-refractivity contribution in [3.05, 3.63) is 50.1 Å². The number of halogens is 2. The molecule has 6 heteroatoms. The van der Waals surface area contributed by atoms with Crippen molar-refractivity contribution in [1.82, 2.24) is 5.32 Å². The Bertz CT molecular complexity index is 612. The molecule has 100 valence electrons. The summed E-state index contributed by atoms with van der Waals surface area (Å²) in [7, 11) is 0. The molecular formula is C13H11Cl2NO2S. The van der Waals surface area contributed by atoms with Gasteiger partial charge in [0, 0.05) is 9.90 Å². The third-order valence-corrected chi connectivity index (χ3v) is 4.22. The number of carbonyl (C=O) groups excluding carboxylic acids is 1. The second-order valence-corrected chi connectivity index (χ2v) is 6.18. The molecule has 2 N–H and O–H groups in total. The van der Waals surface area contributed by atoms with Crippen LogP contribution in [0.15, 0.2) is 30.3 Å². The first-order valence-electron chi connectivity index (χ1n) is 5.52. The fraction of sp³-hybridized carbons (Fsp3) is 0.154. The smallest absolute Gasteiger partial charge is 0.255 e. The summed E-state index contributed by atoms with van der Waals surface area (Å²) in [6.45, 7) is 1.85. The van der Waals surface area contributed by atoms with Gasteiger partial charge in [-0.15, -0.1) is 11.3 Å². The highest BCUT2D eigenvalue weighted by Crippen LogP contribution is 2.27. The molecule has 19 heavy (non-hydrogen) atoms. The van der Waals surface area contributed by atoms with Crippen molar-refractivity contribution >= 4 is 40.4 Å². The molecule has 3 nitrogen and oxygen atoms in total. The fourth-order valence-electron chi connectivity index (χ4n) is 1.60. The van der Waals surface area contributed by atoms with Crippen LogP contribution in [-0.2, 0) is 0 Å². The highest BCUT2D eigenvalue weighted by molar-refractivity contribution is 7.16. The lowest BCUT2D eigenvalue weighted by Crippen LogP contribution is -2.26. The van der Waals surface area contributed by atoms with Crippen molar-refractivity contribution in [2.24, 2.45) is 0 Å². The fourth-order valence-corrected chi connectivity index (χ4v) is 2.83. The molecule has 1 atom stereocenters. The van der Waals surface area contributed by atoms with Crippen LogP contribution in [0.4, 0.5) is 0 Å². The van der Waals surface area contributed by atoms with E-state index in [1.165, 1.54) is 29.5 Å². The van der Waals surface area contributed by atoms with E-state index in [0.29, 0.717) is 9.36 Å².